The molecule has 0 aromatic rings. The zero-order valence-electron chi connectivity index (χ0n) is 6.52. The maximum atomic E-state index is 12.7. The summed E-state index contributed by atoms with van der Waals surface area (Å²) in [5.74, 6) is -0.151. The standard InChI is InChI=1S/C9H13F/c1-4-7-8(5-2)9(10)6-3/h4,6-7H,1,5H2,2-3H3/b8-7-,9-6+. The van der Waals surface area contributed by atoms with Crippen molar-refractivity contribution in [1.29, 1.82) is 0 Å². The molecule has 0 rings (SSSR count). The highest BCUT2D eigenvalue weighted by Gasteiger charge is 1.96. The van der Waals surface area contributed by atoms with Gasteiger partial charge in [0.25, 0.3) is 0 Å². The lowest BCUT2D eigenvalue weighted by Gasteiger charge is -1.97. The summed E-state index contributed by atoms with van der Waals surface area (Å²) >= 11 is 0. The predicted molar refractivity (Wildman–Crippen MR) is 43.4 cm³/mol. The fourth-order valence-corrected chi connectivity index (χ4v) is 0.694. The molecule has 0 N–H and O–H groups in total. The molecule has 0 bridgehead atoms. The van der Waals surface area contributed by atoms with Crippen LogP contribution in [0.3, 0.4) is 0 Å². The number of hydrogen-bond acceptors (Lipinski definition) is 0. The summed E-state index contributed by atoms with van der Waals surface area (Å²) in [5.41, 5.74) is 0.706. The molecule has 56 valence electrons. The maximum Gasteiger partial charge on any atom is 0.122 e. The smallest absolute Gasteiger partial charge is 0.122 e. The minimum atomic E-state index is -0.151. The number of rotatable bonds is 3. The molecule has 0 aliphatic heterocycles. The molecule has 0 atom stereocenters. The van der Waals surface area contributed by atoms with Crippen LogP contribution in [0.4, 0.5) is 4.39 Å². The van der Waals surface area contributed by atoms with Crippen molar-refractivity contribution in [2.75, 3.05) is 0 Å². The molecular weight excluding hydrogens is 127 g/mol. The molecule has 0 unspecified atom stereocenters. The van der Waals surface area contributed by atoms with Crippen LogP contribution in [0.1, 0.15) is 20.3 Å². The van der Waals surface area contributed by atoms with Gasteiger partial charge in [0.05, 0.1) is 0 Å². The van der Waals surface area contributed by atoms with Gasteiger partial charge in [0, 0.05) is 0 Å². The molecule has 0 aliphatic carbocycles. The lowest BCUT2D eigenvalue weighted by Crippen LogP contribution is -1.79. The average Bonchev–Trinajstić information content (AvgIpc) is 1.99. The molecule has 10 heavy (non-hydrogen) atoms. The van der Waals surface area contributed by atoms with Gasteiger partial charge in [-0.3, -0.25) is 0 Å². The number of halogens is 1. The van der Waals surface area contributed by atoms with E-state index < -0.39 is 0 Å². The van der Waals surface area contributed by atoms with Crippen molar-refractivity contribution < 1.29 is 4.39 Å². The summed E-state index contributed by atoms with van der Waals surface area (Å²) in [7, 11) is 0. The van der Waals surface area contributed by atoms with Crippen LogP contribution < -0.4 is 0 Å². The van der Waals surface area contributed by atoms with Gasteiger partial charge in [0.2, 0.25) is 0 Å². The quantitative estimate of drug-likeness (QED) is 0.527. The molecule has 0 saturated heterocycles. The van der Waals surface area contributed by atoms with E-state index in [4.69, 9.17) is 0 Å². The summed E-state index contributed by atoms with van der Waals surface area (Å²) < 4.78 is 12.7. The first-order valence-corrected chi connectivity index (χ1v) is 3.40. The zero-order chi connectivity index (χ0) is 7.98. The van der Waals surface area contributed by atoms with Crippen molar-refractivity contribution in [3.05, 3.63) is 36.2 Å². The Morgan fingerprint density at radius 3 is 2.50 bits per heavy atom. The monoisotopic (exact) mass is 140 g/mol. The van der Waals surface area contributed by atoms with Crippen molar-refractivity contribution in [3.63, 3.8) is 0 Å². The topological polar surface area (TPSA) is 0 Å². The highest BCUT2D eigenvalue weighted by molar-refractivity contribution is 5.27. The summed E-state index contributed by atoms with van der Waals surface area (Å²) in [4.78, 5) is 0. The first kappa shape index (κ1) is 9.15. The van der Waals surface area contributed by atoms with Crippen LogP contribution >= 0.6 is 0 Å². The van der Waals surface area contributed by atoms with Gasteiger partial charge in [-0.25, -0.2) is 4.39 Å². The highest BCUT2D eigenvalue weighted by atomic mass is 19.1. The van der Waals surface area contributed by atoms with E-state index in [0.717, 1.165) is 0 Å². The molecule has 0 radical (unpaired) electrons. The van der Waals surface area contributed by atoms with Crippen LogP contribution in [0, 0.1) is 0 Å². The van der Waals surface area contributed by atoms with Gasteiger partial charge < -0.3 is 0 Å². The second-order valence-electron chi connectivity index (χ2n) is 1.92. The van der Waals surface area contributed by atoms with E-state index in [2.05, 4.69) is 6.58 Å². The molecule has 0 aromatic heterocycles. The van der Waals surface area contributed by atoms with E-state index in [9.17, 15) is 4.39 Å². The van der Waals surface area contributed by atoms with Gasteiger partial charge in [0.1, 0.15) is 5.83 Å². The van der Waals surface area contributed by atoms with Crippen molar-refractivity contribution in [1.82, 2.24) is 0 Å². The molecule has 0 fully saturated rings. The van der Waals surface area contributed by atoms with Gasteiger partial charge in [-0.05, 0) is 18.9 Å². The Labute approximate surface area is 61.8 Å². The second-order valence-corrected chi connectivity index (χ2v) is 1.92. The third kappa shape index (κ3) is 2.62. The van der Waals surface area contributed by atoms with E-state index in [1.165, 1.54) is 6.08 Å². The van der Waals surface area contributed by atoms with Crippen LogP contribution in [0.25, 0.3) is 0 Å². The molecule has 0 amide bonds. The third-order valence-corrected chi connectivity index (χ3v) is 1.26. The molecule has 0 saturated carbocycles. The normalized spacial score (nSPS) is 13.5. The van der Waals surface area contributed by atoms with Gasteiger partial charge >= 0.3 is 0 Å². The Bertz CT molecular complexity index is 164. The van der Waals surface area contributed by atoms with Gasteiger partial charge in [-0.2, -0.15) is 0 Å². The molecule has 0 spiro atoms. The summed E-state index contributed by atoms with van der Waals surface area (Å²) in [6, 6.07) is 0. The van der Waals surface area contributed by atoms with E-state index >= 15 is 0 Å². The van der Waals surface area contributed by atoms with E-state index in [0.29, 0.717) is 12.0 Å². The number of hydrogen-bond donors (Lipinski definition) is 0. The van der Waals surface area contributed by atoms with Crippen molar-refractivity contribution in [3.8, 4) is 0 Å². The third-order valence-electron chi connectivity index (χ3n) is 1.26. The number of allylic oxidation sites excluding steroid dienone is 5. The van der Waals surface area contributed by atoms with Crippen molar-refractivity contribution in [2.45, 2.75) is 20.3 Å². The fourth-order valence-electron chi connectivity index (χ4n) is 0.694. The van der Waals surface area contributed by atoms with Crippen molar-refractivity contribution in [2.24, 2.45) is 0 Å². The van der Waals surface area contributed by atoms with Gasteiger partial charge in [-0.15, -0.1) is 0 Å². The van der Waals surface area contributed by atoms with Crippen LogP contribution in [-0.2, 0) is 0 Å². The Morgan fingerprint density at radius 2 is 2.20 bits per heavy atom. The Hall–Kier alpha value is -0.850. The van der Waals surface area contributed by atoms with E-state index in [-0.39, 0.29) is 5.83 Å². The Balaban J connectivity index is 4.35. The first-order chi connectivity index (χ1) is 4.76. The lowest BCUT2D eigenvalue weighted by molar-refractivity contribution is 0.641. The minimum Gasteiger partial charge on any atom is -0.207 e. The van der Waals surface area contributed by atoms with Crippen LogP contribution in [0.2, 0.25) is 0 Å². The van der Waals surface area contributed by atoms with Crippen LogP contribution in [0.15, 0.2) is 36.2 Å². The Morgan fingerprint density at radius 1 is 1.60 bits per heavy atom. The first-order valence-electron chi connectivity index (χ1n) is 3.40. The highest BCUT2D eigenvalue weighted by Crippen LogP contribution is 2.14. The maximum absolute atomic E-state index is 12.7. The van der Waals surface area contributed by atoms with Gasteiger partial charge in [-0.1, -0.05) is 31.7 Å². The molecule has 1 heteroatoms. The van der Waals surface area contributed by atoms with Crippen LogP contribution in [0.5, 0.6) is 0 Å². The molecule has 0 heterocycles. The second kappa shape index (κ2) is 4.98. The predicted octanol–water partition coefficient (Wildman–Crippen LogP) is 3.38. The summed E-state index contributed by atoms with van der Waals surface area (Å²) in [5, 5.41) is 0. The molecule has 0 aliphatic rings. The van der Waals surface area contributed by atoms with E-state index in [1.807, 2.05) is 6.92 Å². The minimum absolute atomic E-state index is 0.151. The largest absolute Gasteiger partial charge is 0.207 e. The summed E-state index contributed by atoms with van der Waals surface area (Å²) in [6.07, 6.45) is 5.46. The summed E-state index contributed by atoms with van der Waals surface area (Å²) in [6.45, 7) is 7.09. The molecule has 0 aromatic carbocycles. The zero-order valence-corrected chi connectivity index (χ0v) is 6.52. The molecular formula is C9H13F. The molecule has 0 nitrogen and oxygen atoms in total. The SMILES string of the molecule is C=C/C=C(CC)\C(F)=C/C. The van der Waals surface area contributed by atoms with E-state index in [1.54, 1.807) is 19.1 Å². The van der Waals surface area contributed by atoms with Crippen LogP contribution in [-0.4, -0.2) is 0 Å². The Kier molecular flexibility index (Phi) is 4.55. The fraction of sp³-hybridized carbons (Fsp3) is 0.333. The van der Waals surface area contributed by atoms with Crippen molar-refractivity contribution >= 4 is 0 Å². The average molecular weight is 140 g/mol. The van der Waals surface area contributed by atoms with Gasteiger partial charge in [0.15, 0.2) is 0 Å². The lowest BCUT2D eigenvalue weighted by atomic mass is 10.1.